The van der Waals surface area contributed by atoms with Gasteiger partial charge in [-0.25, -0.2) is 4.39 Å². The summed E-state index contributed by atoms with van der Waals surface area (Å²) in [5.74, 6) is -0.672. The van der Waals surface area contributed by atoms with Crippen LogP contribution in [0.3, 0.4) is 0 Å². The molecule has 1 N–H and O–H groups in total. The van der Waals surface area contributed by atoms with E-state index in [1.807, 2.05) is 0 Å². The van der Waals surface area contributed by atoms with E-state index < -0.39 is 18.8 Å². The molecule has 1 aromatic carbocycles. The molecule has 0 radical (unpaired) electrons. The van der Waals surface area contributed by atoms with Crippen molar-refractivity contribution in [1.82, 2.24) is 10.3 Å². The molecule has 1 amide bonds. The number of aromatic nitrogens is 1. The van der Waals surface area contributed by atoms with E-state index >= 15 is 0 Å². The number of halogens is 4. The largest absolute Gasteiger partial charge is 0.497 e. The molecule has 1 aromatic heterocycles. The van der Waals surface area contributed by atoms with E-state index in [1.165, 1.54) is 37.6 Å². The van der Waals surface area contributed by atoms with Crippen LogP contribution < -0.4 is 14.8 Å². The molecule has 1 saturated carbocycles. The standard InChI is InChI=1S/C20H20F4N2O3/c1-11(18-6-4-13(9-25-18)29-10-20(22,23)24)26-19(27)16-8-14(16)15-7-12(28-2)3-5-17(15)21/h3-7,9,11,14,16H,8,10H2,1-2H3,(H,26,27). The van der Waals surface area contributed by atoms with Crippen molar-refractivity contribution in [2.75, 3.05) is 13.7 Å². The molecule has 29 heavy (non-hydrogen) atoms. The van der Waals surface area contributed by atoms with Crippen LogP contribution in [0.4, 0.5) is 17.6 Å². The first-order valence-electron chi connectivity index (χ1n) is 8.97. The zero-order chi connectivity index (χ0) is 21.2. The predicted molar refractivity (Wildman–Crippen MR) is 96.1 cm³/mol. The summed E-state index contributed by atoms with van der Waals surface area (Å²) in [5, 5.41) is 2.81. The van der Waals surface area contributed by atoms with Crippen molar-refractivity contribution in [3.8, 4) is 11.5 Å². The Bertz CT molecular complexity index is 871. The summed E-state index contributed by atoms with van der Waals surface area (Å²) in [5.41, 5.74) is 0.920. The molecule has 0 saturated heterocycles. The van der Waals surface area contributed by atoms with Crippen LogP contribution in [-0.4, -0.2) is 30.8 Å². The number of nitrogens with one attached hydrogen (secondary N) is 1. The molecule has 0 aliphatic heterocycles. The number of carbonyl (C=O) groups is 1. The highest BCUT2D eigenvalue weighted by Crippen LogP contribution is 2.49. The van der Waals surface area contributed by atoms with Crippen LogP contribution in [0.2, 0.25) is 0 Å². The van der Waals surface area contributed by atoms with Crippen LogP contribution in [0.25, 0.3) is 0 Å². The molecule has 0 bridgehead atoms. The SMILES string of the molecule is COc1ccc(F)c(C2CC2C(=O)NC(C)c2ccc(OCC(F)(F)F)cn2)c1. The minimum absolute atomic E-state index is 0.0136. The van der Waals surface area contributed by atoms with Gasteiger partial charge < -0.3 is 14.8 Å². The summed E-state index contributed by atoms with van der Waals surface area (Å²) in [4.78, 5) is 16.5. The average molecular weight is 412 g/mol. The van der Waals surface area contributed by atoms with E-state index in [9.17, 15) is 22.4 Å². The molecule has 5 nitrogen and oxygen atoms in total. The predicted octanol–water partition coefficient (Wildman–Crippen LogP) is 4.15. The molecule has 1 aliphatic carbocycles. The highest BCUT2D eigenvalue weighted by Gasteiger charge is 2.45. The first-order valence-corrected chi connectivity index (χ1v) is 8.97. The van der Waals surface area contributed by atoms with Crippen molar-refractivity contribution in [2.45, 2.75) is 31.5 Å². The third-order valence-corrected chi connectivity index (χ3v) is 4.69. The molecule has 156 valence electrons. The average Bonchev–Trinajstić information content (AvgIpc) is 3.47. The third-order valence-electron chi connectivity index (χ3n) is 4.69. The number of amides is 1. The molecular weight excluding hydrogens is 392 g/mol. The van der Waals surface area contributed by atoms with Gasteiger partial charge in [0, 0.05) is 5.92 Å². The normalized spacial score (nSPS) is 19.4. The van der Waals surface area contributed by atoms with Crippen LogP contribution in [0.1, 0.15) is 36.6 Å². The van der Waals surface area contributed by atoms with Crippen molar-refractivity contribution < 1.29 is 31.8 Å². The zero-order valence-electron chi connectivity index (χ0n) is 15.8. The highest BCUT2D eigenvalue weighted by atomic mass is 19.4. The lowest BCUT2D eigenvalue weighted by Crippen LogP contribution is -2.29. The second-order valence-corrected chi connectivity index (χ2v) is 6.89. The summed E-state index contributed by atoms with van der Waals surface area (Å²) in [6.07, 6.45) is -2.72. The summed E-state index contributed by atoms with van der Waals surface area (Å²) in [6.45, 7) is 0.310. The third kappa shape index (κ3) is 5.36. The molecule has 3 rings (SSSR count). The molecule has 2 aromatic rings. The Balaban J connectivity index is 1.56. The minimum atomic E-state index is -4.43. The number of pyridine rings is 1. The fourth-order valence-corrected chi connectivity index (χ4v) is 3.05. The summed E-state index contributed by atoms with van der Waals surface area (Å²) < 4.78 is 60.3. The first kappa shape index (κ1) is 20.9. The van der Waals surface area contributed by atoms with Gasteiger partial charge in [-0.05, 0) is 55.2 Å². The van der Waals surface area contributed by atoms with E-state index in [-0.39, 0.29) is 29.3 Å². The fourth-order valence-electron chi connectivity index (χ4n) is 3.05. The monoisotopic (exact) mass is 412 g/mol. The number of ether oxygens (including phenoxy) is 2. The Morgan fingerprint density at radius 2 is 2.00 bits per heavy atom. The second kappa shape index (κ2) is 8.26. The van der Waals surface area contributed by atoms with E-state index in [0.717, 1.165) is 0 Å². The van der Waals surface area contributed by atoms with E-state index in [1.54, 1.807) is 13.0 Å². The topological polar surface area (TPSA) is 60.5 Å². The maximum absolute atomic E-state index is 14.1. The summed E-state index contributed by atoms with van der Waals surface area (Å²) >= 11 is 0. The van der Waals surface area contributed by atoms with Crippen LogP contribution in [0, 0.1) is 11.7 Å². The Kier molecular flexibility index (Phi) is 5.95. The zero-order valence-corrected chi connectivity index (χ0v) is 15.8. The number of nitrogens with zero attached hydrogens (tertiary/aromatic N) is 1. The van der Waals surface area contributed by atoms with Gasteiger partial charge in [-0.2, -0.15) is 13.2 Å². The van der Waals surface area contributed by atoms with E-state index in [0.29, 0.717) is 23.4 Å². The first-order chi connectivity index (χ1) is 13.7. The lowest BCUT2D eigenvalue weighted by atomic mass is 10.1. The van der Waals surface area contributed by atoms with Gasteiger partial charge >= 0.3 is 6.18 Å². The lowest BCUT2D eigenvalue weighted by molar-refractivity contribution is -0.153. The highest BCUT2D eigenvalue weighted by molar-refractivity contribution is 5.83. The van der Waals surface area contributed by atoms with Gasteiger partial charge in [0.15, 0.2) is 6.61 Å². The van der Waals surface area contributed by atoms with Crippen molar-refractivity contribution >= 4 is 5.91 Å². The molecule has 1 heterocycles. The molecular formula is C20H20F4N2O3. The second-order valence-electron chi connectivity index (χ2n) is 6.89. The van der Waals surface area contributed by atoms with Crippen molar-refractivity contribution in [2.24, 2.45) is 5.92 Å². The van der Waals surface area contributed by atoms with E-state index in [4.69, 9.17) is 4.74 Å². The molecule has 3 atom stereocenters. The molecule has 1 fully saturated rings. The number of hydrogen-bond donors (Lipinski definition) is 1. The Labute approximate surface area is 165 Å². The number of hydrogen-bond acceptors (Lipinski definition) is 4. The van der Waals surface area contributed by atoms with Crippen molar-refractivity contribution in [3.05, 3.63) is 53.6 Å². The number of rotatable bonds is 7. The molecule has 3 unspecified atom stereocenters. The maximum atomic E-state index is 14.1. The molecule has 9 heteroatoms. The van der Waals surface area contributed by atoms with E-state index in [2.05, 4.69) is 15.0 Å². The lowest BCUT2D eigenvalue weighted by Gasteiger charge is -2.15. The molecule has 0 spiro atoms. The van der Waals surface area contributed by atoms with Gasteiger partial charge in [-0.3, -0.25) is 9.78 Å². The number of methoxy groups -OCH3 is 1. The smallest absolute Gasteiger partial charge is 0.422 e. The van der Waals surface area contributed by atoms with Crippen LogP contribution in [-0.2, 0) is 4.79 Å². The Morgan fingerprint density at radius 1 is 1.28 bits per heavy atom. The van der Waals surface area contributed by atoms with Gasteiger partial charge in [0.2, 0.25) is 5.91 Å². The van der Waals surface area contributed by atoms with Gasteiger partial charge in [-0.1, -0.05) is 0 Å². The van der Waals surface area contributed by atoms with Crippen molar-refractivity contribution in [3.63, 3.8) is 0 Å². The maximum Gasteiger partial charge on any atom is 0.422 e. The van der Waals surface area contributed by atoms with Gasteiger partial charge in [0.25, 0.3) is 0 Å². The van der Waals surface area contributed by atoms with Crippen LogP contribution in [0.5, 0.6) is 11.5 Å². The number of carbonyl (C=O) groups excluding carboxylic acids is 1. The Hall–Kier alpha value is -2.84. The summed E-state index contributed by atoms with van der Waals surface area (Å²) in [7, 11) is 1.49. The fraction of sp³-hybridized carbons (Fsp3) is 0.400. The number of benzene rings is 1. The molecule has 1 aliphatic rings. The van der Waals surface area contributed by atoms with Gasteiger partial charge in [-0.15, -0.1) is 0 Å². The van der Waals surface area contributed by atoms with Gasteiger partial charge in [0.1, 0.15) is 17.3 Å². The van der Waals surface area contributed by atoms with Crippen LogP contribution >= 0.6 is 0 Å². The Morgan fingerprint density at radius 3 is 2.62 bits per heavy atom. The van der Waals surface area contributed by atoms with Crippen LogP contribution in [0.15, 0.2) is 36.5 Å². The summed E-state index contributed by atoms with van der Waals surface area (Å²) in [6, 6.07) is 6.82. The quantitative estimate of drug-likeness (QED) is 0.694. The minimum Gasteiger partial charge on any atom is -0.497 e. The number of alkyl halides is 3. The van der Waals surface area contributed by atoms with Crippen molar-refractivity contribution in [1.29, 1.82) is 0 Å². The van der Waals surface area contributed by atoms with Gasteiger partial charge in [0.05, 0.1) is 25.0 Å².